The molecule has 1 N–H and O–H groups in total. The van der Waals surface area contributed by atoms with Gasteiger partial charge in [-0.3, -0.25) is 9.69 Å². The van der Waals surface area contributed by atoms with Crippen molar-refractivity contribution in [3.05, 3.63) is 29.3 Å². The van der Waals surface area contributed by atoms with Crippen molar-refractivity contribution >= 4 is 5.78 Å². The number of Topliss-reactive ketones (excluding diaryl/α,β-unsaturated/α-hetero) is 1. The van der Waals surface area contributed by atoms with Crippen LogP contribution in [0.15, 0.2) is 18.2 Å². The van der Waals surface area contributed by atoms with Gasteiger partial charge in [0.05, 0.1) is 18.7 Å². The van der Waals surface area contributed by atoms with E-state index in [4.69, 9.17) is 4.74 Å². The number of rotatable bonds is 5. The second kappa shape index (κ2) is 6.68. The minimum Gasteiger partial charge on any atom is -0.493 e. The van der Waals surface area contributed by atoms with Crippen molar-refractivity contribution in [1.82, 2.24) is 10.2 Å². The molecule has 0 aromatic heterocycles. The maximum absolute atomic E-state index is 12.4. The molecule has 0 unspecified atom stereocenters. The fourth-order valence-corrected chi connectivity index (χ4v) is 2.30. The molecule has 0 radical (unpaired) electrons. The number of carbonyl (C=O) groups is 1. The van der Waals surface area contributed by atoms with Gasteiger partial charge < -0.3 is 10.1 Å². The second-order valence-electron chi connectivity index (χ2n) is 4.88. The van der Waals surface area contributed by atoms with Crippen molar-refractivity contribution in [2.24, 2.45) is 0 Å². The monoisotopic (exact) mass is 262 g/mol. The van der Waals surface area contributed by atoms with Crippen LogP contribution in [0.3, 0.4) is 0 Å². The predicted octanol–water partition coefficient (Wildman–Crippen LogP) is 1.48. The van der Waals surface area contributed by atoms with Crippen LogP contribution in [-0.4, -0.2) is 50.0 Å². The van der Waals surface area contributed by atoms with E-state index in [0.717, 1.165) is 31.7 Å². The van der Waals surface area contributed by atoms with Crippen LogP contribution in [0.1, 0.15) is 22.8 Å². The summed E-state index contributed by atoms with van der Waals surface area (Å²) >= 11 is 0. The van der Waals surface area contributed by atoms with Gasteiger partial charge in [0, 0.05) is 26.2 Å². The van der Waals surface area contributed by atoms with E-state index < -0.39 is 0 Å². The number of hydrogen-bond acceptors (Lipinski definition) is 4. The number of hydrogen-bond donors (Lipinski definition) is 1. The molecular weight excluding hydrogens is 240 g/mol. The third kappa shape index (κ3) is 3.78. The van der Waals surface area contributed by atoms with E-state index in [1.54, 1.807) is 0 Å². The molecule has 0 saturated carbocycles. The number of aryl methyl sites for hydroxylation is 1. The Balaban J connectivity index is 2.10. The van der Waals surface area contributed by atoms with Crippen LogP contribution in [-0.2, 0) is 0 Å². The number of benzene rings is 1. The first-order valence-electron chi connectivity index (χ1n) is 6.90. The van der Waals surface area contributed by atoms with Crippen LogP contribution >= 0.6 is 0 Å². The Bertz CT molecular complexity index is 440. The molecule has 0 bridgehead atoms. The van der Waals surface area contributed by atoms with Crippen LogP contribution in [0.25, 0.3) is 0 Å². The summed E-state index contributed by atoms with van der Waals surface area (Å²) in [6.07, 6.45) is 0. The summed E-state index contributed by atoms with van der Waals surface area (Å²) in [5.74, 6) is 0.849. The lowest BCUT2D eigenvalue weighted by atomic mass is 10.1. The average Bonchev–Trinajstić information content (AvgIpc) is 2.42. The first kappa shape index (κ1) is 14.0. The van der Waals surface area contributed by atoms with Crippen LogP contribution < -0.4 is 10.1 Å². The third-order valence-corrected chi connectivity index (χ3v) is 3.31. The molecule has 1 aliphatic rings. The van der Waals surface area contributed by atoms with Gasteiger partial charge in [-0.05, 0) is 26.0 Å². The summed E-state index contributed by atoms with van der Waals surface area (Å²) in [7, 11) is 0. The van der Waals surface area contributed by atoms with E-state index in [1.165, 1.54) is 0 Å². The first-order valence-corrected chi connectivity index (χ1v) is 6.90. The lowest BCUT2D eigenvalue weighted by Gasteiger charge is -2.26. The Kier molecular flexibility index (Phi) is 4.93. The zero-order valence-corrected chi connectivity index (χ0v) is 11.7. The summed E-state index contributed by atoms with van der Waals surface area (Å²) in [4.78, 5) is 14.6. The minimum atomic E-state index is 0.147. The maximum atomic E-state index is 12.4. The Labute approximate surface area is 114 Å². The molecule has 1 heterocycles. The van der Waals surface area contributed by atoms with Gasteiger partial charge in [0.2, 0.25) is 0 Å². The fourth-order valence-electron chi connectivity index (χ4n) is 2.30. The van der Waals surface area contributed by atoms with Crippen LogP contribution in [0.2, 0.25) is 0 Å². The van der Waals surface area contributed by atoms with Crippen molar-refractivity contribution in [3.63, 3.8) is 0 Å². The van der Waals surface area contributed by atoms with Crippen molar-refractivity contribution in [3.8, 4) is 5.75 Å². The van der Waals surface area contributed by atoms with Gasteiger partial charge in [-0.25, -0.2) is 0 Å². The lowest BCUT2D eigenvalue weighted by Crippen LogP contribution is -2.45. The molecule has 0 atom stereocenters. The molecule has 2 rings (SSSR count). The predicted molar refractivity (Wildman–Crippen MR) is 76.0 cm³/mol. The molecule has 0 spiro atoms. The smallest absolute Gasteiger partial charge is 0.180 e. The van der Waals surface area contributed by atoms with E-state index in [2.05, 4.69) is 10.2 Å². The minimum absolute atomic E-state index is 0.147. The highest BCUT2D eigenvalue weighted by molar-refractivity contribution is 6.00. The van der Waals surface area contributed by atoms with Crippen molar-refractivity contribution in [1.29, 1.82) is 0 Å². The van der Waals surface area contributed by atoms with Crippen LogP contribution in [0, 0.1) is 6.92 Å². The molecule has 19 heavy (non-hydrogen) atoms. The summed E-state index contributed by atoms with van der Waals surface area (Å²) in [5.41, 5.74) is 1.80. The highest BCUT2D eigenvalue weighted by atomic mass is 16.5. The standard InChI is InChI=1S/C15H22N2O2/c1-3-19-15-5-4-12(2)10-13(15)14(18)11-17-8-6-16-7-9-17/h4-5,10,16H,3,6-9,11H2,1-2H3. The summed E-state index contributed by atoms with van der Waals surface area (Å²) in [5, 5.41) is 3.29. The molecule has 0 amide bonds. The largest absolute Gasteiger partial charge is 0.493 e. The highest BCUT2D eigenvalue weighted by Crippen LogP contribution is 2.21. The van der Waals surface area contributed by atoms with E-state index in [9.17, 15) is 4.79 Å². The van der Waals surface area contributed by atoms with E-state index >= 15 is 0 Å². The van der Waals surface area contributed by atoms with Gasteiger partial charge in [0.25, 0.3) is 0 Å². The SMILES string of the molecule is CCOc1ccc(C)cc1C(=O)CN1CCNCC1. The van der Waals surface area contributed by atoms with Gasteiger partial charge >= 0.3 is 0 Å². The van der Waals surface area contributed by atoms with Crippen LogP contribution in [0.5, 0.6) is 5.75 Å². The molecule has 104 valence electrons. The summed E-state index contributed by atoms with van der Waals surface area (Å²) in [6, 6.07) is 5.80. The van der Waals surface area contributed by atoms with E-state index in [1.807, 2.05) is 32.0 Å². The number of ether oxygens (including phenoxy) is 1. The quantitative estimate of drug-likeness (QED) is 0.816. The van der Waals surface area contributed by atoms with Gasteiger partial charge in [-0.1, -0.05) is 11.6 Å². The Morgan fingerprint density at radius 1 is 1.37 bits per heavy atom. The lowest BCUT2D eigenvalue weighted by molar-refractivity contribution is 0.0917. The van der Waals surface area contributed by atoms with E-state index in [-0.39, 0.29) is 5.78 Å². The van der Waals surface area contributed by atoms with Gasteiger partial charge in [0.1, 0.15) is 5.75 Å². The van der Waals surface area contributed by atoms with Gasteiger partial charge in [-0.2, -0.15) is 0 Å². The van der Waals surface area contributed by atoms with Gasteiger partial charge in [0.15, 0.2) is 5.78 Å². The molecule has 1 aromatic carbocycles. The van der Waals surface area contributed by atoms with Crippen molar-refractivity contribution < 1.29 is 9.53 Å². The highest BCUT2D eigenvalue weighted by Gasteiger charge is 2.18. The normalized spacial score (nSPS) is 16.3. The maximum Gasteiger partial charge on any atom is 0.180 e. The van der Waals surface area contributed by atoms with Crippen molar-refractivity contribution in [2.75, 3.05) is 39.3 Å². The molecule has 1 aliphatic heterocycles. The molecular formula is C15H22N2O2. The molecule has 0 aliphatic carbocycles. The van der Waals surface area contributed by atoms with Crippen molar-refractivity contribution in [2.45, 2.75) is 13.8 Å². The van der Waals surface area contributed by atoms with Crippen LogP contribution in [0.4, 0.5) is 0 Å². The number of nitrogens with zero attached hydrogens (tertiary/aromatic N) is 1. The number of piperazine rings is 1. The number of ketones is 1. The summed E-state index contributed by atoms with van der Waals surface area (Å²) in [6.45, 7) is 8.77. The average molecular weight is 262 g/mol. The fraction of sp³-hybridized carbons (Fsp3) is 0.533. The molecule has 1 saturated heterocycles. The zero-order chi connectivity index (χ0) is 13.7. The topological polar surface area (TPSA) is 41.6 Å². The Morgan fingerprint density at radius 3 is 2.79 bits per heavy atom. The Morgan fingerprint density at radius 2 is 2.11 bits per heavy atom. The summed E-state index contributed by atoms with van der Waals surface area (Å²) < 4.78 is 5.55. The third-order valence-electron chi connectivity index (χ3n) is 3.31. The molecule has 4 heteroatoms. The number of nitrogens with one attached hydrogen (secondary N) is 1. The van der Waals surface area contributed by atoms with E-state index in [0.29, 0.717) is 24.5 Å². The zero-order valence-electron chi connectivity index (χ0n) is 11.7. The molecule has 4 nitrogen and oxygen atoms in total. The van der Waals surface area contributed by atoms with Gasteiger partial charge in [-0.15, -0.1) is 0 Å². The Hall–Kier alpha value is -1.39. The number of carbonyl (C=O) groups excluding carboxylic acids is 1. The second-order valence-corrected chi connectivity index (χ2v) is 4.88. The molecule has 1 fully saturated rings. The first-order chi connectivity index (χ1) is 9.20. The molecule has 1 aromatic rings.